The van der Waals surface area contributed by atoms with Crippen LogP contribution in [0.2, 0.25) is 0 Å². The molecule has 25 heavy (non-hydrogen) atoms. The van der Waals surface area contributed by atoms with Gasteiger partial charge in [0, 0.05) is 43.8 Å². The normalized spacial score (nSPS) is 20.0. The first-order valence-electron chi connectivity index (χ1n) is 8.35. The van der Waals surface area contributed by atoms with Gasteiger partial charge in [0.05, 0.1) is 11.7 Å². The van der Waals surface area contributed by atoms with Crippen molar-refractivity contribution < 1.29 is 0 Å². The molecule has 2 heterocycles. The number of hydrogen-bond acceptors (Lipinski definition) is 5. The predicted molar refractivity (Wildman–Crippen MR) is 102 cm³/mol. The zero-order chi connectivity index (χ0) is 17.8. The van der Waals surface area contributed by atoms with Gasteiger partial charge in [0.25, 0.3) is 0 Å². The highest BCUT2D eigenvalue weighted by molar-refractivity contribution is 6.39. The van der Waals surface area contributed by atoms with Gasteiger partial charge in [-0.2, -0.15) is 10.2 Å². The number of hydrogen-bond donors (Lipinski definition) is 3. The van der Waals surface area contributed by atoms with Crippen molar-refractivity contribution in [1.29, 1.82) is 0 Å². The average molecular weight is 340 g/mol. The quantitative estimate of drug-likeness (QED) is 0.428. The van der Waals surface area contributed by atoms with Crippen LogP contribution in [0.5, 0.6) is 0 Å². The van der Waals surface area contributed by atoms with E-state index in [1.807, 2.05) is 25.1 Å². The molecule has 4 N–H and O–H groups in total. The van der Waals surface area contributed by atoms with Crippen LogP contribution in [0, 0.1) is 6.92 Å². The molecule has 0 spiro atoms. The summed E-state index contributed by atoms with van der Waals surface area (Å²) in [4.78, 5) is 6.43. The molecule has 0 amide bonds. The van der Waals surface area contributed by atoms with E-state index in [0.717, 1.165) is 41.8 Å². The molecule has 1 fully saturated rings. The molecule has 0 bridgehead atoms. The molecule has 1 aliphatic heterocycles. The molecule has 1 aliphatic rings. The molecular weight excluding hydrogens is 316 g/mol. The maximum absolute atomic E-state index is 6.10. The van der Waals surface area contributed by atoms with Crippen LogP contribution in [-0.4, -0.2) is 65.7 Å². The maximum Gasteiger partial charge on any atom is 0.188 e. The molecular formula is C17H24N8. The van der Waals surface area contributed by atoms with E-state index < -0.39 is 0 Å². The Morgan fingerprint density at radius 3 is 3.04 bits per heavy atom. The fraction of sp³-hybridized carbons (Fsp3) is 0.412. The summed E-state index contributed by atoms with van der Waals surface area (Å²) < 4.78 is 0. The zero-order valence-electron chi connectivity index (χ0n) is 14.8. The van der Waals surface area contributed by atoms with Crippen molar-refractivity contribution in [1.82, 2.24) is 20.4 Å². The van der Waals surface area contributed by atoms with Gasteiger partial charge < -0.3 is 16.0 Å². The number of aromatic nitrogens is 2. The molecule has 1 atom stereocenters. The number of benzene rings is 1. The minimum Gasteiger partial charge on any atom is -0.379 e. The molecule has 132 valence electrons. The molecule has 0 saturated carbocycles. The molecule has 0 radical (unpaired) electrons. The zero-order valence-corrected chi connectivity index (χ0v) is 14.8. The van der Waals surface area contributed by atoms with Crippen LogP contribution < -0.4 is 11.1 Å². The fourth-order valence-electron chi connectivity index (χ4n) is 2.98. The summed E-state index contributed by atoms with van der Waals surface area (Å²) in [5.41, 5.74) is 9.00. The van der Waals surface area contributed by atoms with Crippen molar-refractivity contribution in [2.45, 2.75) is 19.9 Å². The minimum atomic E-state index is 0.327. The van der Waals surface area contributed by atoms with Crippen LogP contribution in [-0.2, 0) is 0 Å². The number of aryl methyl sites for hydroxylation is 1. The second-order valence-corrected chi connectivity index (χ2v) is 6.20. The third-order valence-electron chi connectivity index (χ3n) is 4.25. The van der Waals surface area contributed by atoms with E-state index in [2.05, 4.69) is 42.5 Å². The van der Waals surface area contributed by atoms with Crippen LogP contribution in [0.4, 0.5) is 0 Å². The SMILES string of the molecule is CN=C(/C(N)=N\N=C\c1ccc2n[nH]c(C)c2c1)N1CCN[C@H](C)C1. The Hall–Kier alpha value is -2.74. The van der Waals surface area contributed by atoms with Crippen molar-refractivity contribution in [3.05, 3.63) is 29.5 Å². The Bertz CT molecular complexity index is 832. The summed E-state index contributed by atoms with van der Waals surface area (Å²) in [6.07, 6.45) is 1.69. The lowest BCUT2D eigenvalue weighted by molar-refractivity contribution is 0.306. The van der Waals surface area contributed by atoms with Crippen molar-refractivity contribution in [3.8, 4) is 0 Å². The summed E-state index contributed by atoms with van der Waals surface area (Å²) in [5, 5.41) is 19.9. The van der Waals surface area contributed by atoms with Gasteiger partial charge in [-0.05, 0) is 31.5 Å². The maximum atomic E-state index is 6.10. The van der Waals surface area contributed by atoms with Crippen molar-refractivity contribution in [2.24, 2.45) is 20.9 Å². The van der Waals surface area contributed by atoms with E-state index >= 15 is 0 Å². The summed E-state index contributed by atoms with van der Waals surface area (Å²) in [5.74, 6) is 1.01. The van der Waals surface area contributed by atoms with Gasteiger partial charge in [0.15, 0.2) is 11.7 Å². The van der Waals surface area contributed by atoms with Crippen molar-refractivity contribution in [3.63, 3.8) is 0 Å². The topological polar surface area (TPSA) is 107 Å². The standard InChI is InChI=1S/C17H24N8/c1-11-10-25(7-6-20-11)17(19-3)16(18)24-21-9-13-4-5-15-14(8-13)12(2)22-23-15/h4-5,8-9,11,20H,6-7,10H2,1-3H3,(H2,18,24)(H,22,23)/b19-17?,21-9+/t11-/m1/s1. The number of amidine groups is 2. The van der Waals surface area contributed by atoms with Gasteiger partial charge >= 0.3 is 0 Å². The number of H-pyrrole nitrogens is 1. The summed E-state index contributed by atoms with van der Waals surface area (Å²) in [6.45, 7) is 6.74. The number of fused-ring (bicyclic) bond motifs is 1. The molecule has 0 unspecified atom stereocenters. The fourth-order valence-corrected chi connectivity index (χ4v) is 2.98. The number of nitrogens with one attached hydrogen (secondary N) is 2. The molecule has 1 aromatic heterocycles. The van der Waals surface area contributed by atoms with Crippen LogP contribution in [0.25, 0.3) is 10.9 Å². The smallest absolute Gasteiger partial charge is 0.188 e. The van der Waals surface area contributed by atoms with E-state index in [4.69, 9.17) is 5.73 Å². The molecule has 8 nitrogen and oxygen atoms in total. The van der Waals surface area contributed by atoms with Crippen LogP contribution >= 0.6 is 0 Å². The van der Waals surface area contributed by atoms with Crippen molar-refractivity contribution in [2.75, 3.05) is 26.7 Å². The van der Waals surface area contributed by atoms with Crippen molar-refractivity contribution >= 4 is 28.8 Å². The lowest BCUT2D eigenvalue weighted by atomic mass is 10.1. The largest absolute Gasteiger partial charge is 0.379 e. The third kappa shape index (κ3) is 3.85. The Kier molecular flexibility index (Phi) is 5.08. The molecule has 1 aromatic carbocycles. The highest BCUT2D eigenvalue weighted by Crippen LogP contribution is 2.16. The Labute approximate surface area is 146 Å². The Morgan fingerprint density at radius 2 is 2.28 bits per heavy atom. The van der Waals surface area contributed by atoms with Crippen LogP contribution in [0.15, 0.2) is 33.4 Å². The molecule has 2 aromatic rings. The molecule has 3 rings (SSSR count). The third-order valence-corrected chi connectivity index (χ3v) is 4.25. The first-order chi connectivity index (χ1) is 12.1. The number of aromatic amines is 1. The number of aliphatic imine (C=N–C) groups is 1. The average Bonchev–Trinajstić information content (AvgIpc) is 2.96. The van der Waals surface area contributed by atoms with E-state index in [1.54, 1.807) is 13.3 Å². The van der Waals surface area contributed by atoms with E-state index in [9.17, 15) is 0 Å². The predicted octanol–water partition coefficient (Wildman–Crippen LogP) is 0.884. The number of nitrogens with zero attached hydrogens (tertiary/aromatic N) is 5. The number of piperazine rings is 1. The van der Waals surface area contributed by atoms with Gasteiger partial charge in [-0.15, -0.1) is 5.10 Å². The van der Waals surface area contributed by atoms with Gasteiger partial charge in [-0.3, -0.25) is 10.1 Å². The van der Waals surface area contributed by atoms with Crippen LogP contribution in [0.3, 0.4) is 0 Å². The first-order valence-corrected chi connectivity index (χ1v) is 8.35. The highest BCUT2D eigenvalue weighted by Gasteiger charge is 2.20. The molecule has 8 heteroatoms. The summed E-state index contributed by atoms with van der Waals surface area (Å²) in [6, 6.07) is 6.32. The molecule has 1 saturated heterocycles. The Balaban J connectivity index is 1.74. The van der Waals surface area contributed by atoms with Crippen LogP contribution in [0.1, 0.15) is 18.2 Å². The summed E-state index contributed by atoms with van der Waals surface area (Å²) >= 11 is 0. The number of rotatable bonds is 2. The second-order valence-electron chi connectivity index (χ2n) is 6.20. The first kappa shape index (κ1) is 17.1. The van der Waals surface area contributed by atoms with E-state index in [1.165, 1.54) is 0 Å². The van der Waals surface area contributed by atoms with E-state index in [0.29, 0.717) is 17.7 Å². The minimum absolute atomic E-state index is 0.327. The summed E-state index contributed by atoms with van der Waals surface area (Å²) in [7, 11) is 1.73. The van der Waals surface area contributed by atoms with Gasteiger partial charge in [-0.25, -0.2) is 0 Å². The monoisotopic (exact) mass is 340 g/mol. The van der Waals surface area contributed by atoms with E-state index in [-0.39, 0.29) is 0 Å². The van der Waals surface area contributed by atoms with Gasteiger partial charge in [-0.1, -0.05) is 6.07 Å². The van der Waals surface area contributed by atoms with Gasteiger partial charge in [0.1, 0.15) is 0 Å². The van der Waals surface area contributed by atoms with Gasteiger partial charge in [0.2, 0.25) is 0 Å². The highest BCUT2D eigenvalue weighted by atomic mass is 15.3. The Morgan fingerprint density at radius 1 is 1.44 bits per heavy atom. The second kappa shape index (κ2) is 7.43. The lowest BCUT2D eigenvalue weighted by Crippen LogP contribution is -2.54. The lowest BCUT2D eigenvalue weighted by Gasteiger charge is -2.33. The molecule has 0 aliphatic carbocycles. The number of nitrogens with two attached hydrogens (primary N) is 1.